The number of nitrogens with two attached hydrogens (primary N) is 1. The lowest BCUT2D eigenvalue weighted by molar-refractivity contribution is -0.140. The fourth-order valence-electron chi connectivity index (χ4n) is 3.84. The molecule has 0 radical (unpaired) electrons. The van der Waals surface area contributed by atoms with Crippen molar-refractivity contribution in [2.75, 3.05) is 5.32 Å². The Balaban J connectivity index is 1.71. The molecule has 174 valence electrons. The van der Waals surface area contributed by atoms with E-state index in [9.17, 15) is 22.8 Å². The molecule has 0 fully saturated rings. The number of nitrogens with zero attached hydrogens (tertiary/aromatic N) is 5. The van der Waals surface area contributed by atoms with E-state index in [0.29, 0.717) is 41.8 Å². The Morgan fingerprint density at radius 3 is 2.68 bits per heavy atom. The first kappa shape index (κ1) is 22.9. The monoisotopic (exact) mass is 469 g/mol. The molecule has 3 aromatic rings. The molecule has 0 unspecified atom stereocenters. The number of nitriles is 1. The number of halogens is 3. The summed E-state index contributed by atoms with van der Waals surface area (Å²) >= 11 is 0. The van der Waals surface area contributed by atoms with Crippen molar-refractivity contribution in [2.45, 2.75) is 38.9 Å². The molecule has 0 aliphatic heterocycles. The summed E-state index contributed by atoms with van der Waals surface area (Å²) in [6, 6.07) is 6.12. The van der Waals surface area contributed by atoms with Gasteiger partial charge in [-0.2, -0.15) is 23.5 Å². The largest absolute Gasteiger partial charge is 0.437 e. The van der Waals surface area contributed by atoms with Gasteiger partial charge in [0.1, 0.15) is 11.8 Å². The molecule has 0 aromatic carbocycles. The van der Waals surface area contributed by atoms with Gasteiger partial charge in [-0.25, -0.2) is 4.98 Å². The number of hydrogen-bond acceptors (Lipinski definition) is 6. The van der Waals surface area contributed by atoms with E-state index in [1.165, 1.54) is 31.3 Å². The Kier molecular flexibility index (Phi) is 5.78. The van der Waals surface area contributed by atoms with Crippen LogP contribution in [0.2, 0.25) is 0 Å². The van der Waals surface area contributed by atoms with Crippen LogP contribution in [-0.2, 0) is 25.6 Å². The molecule has 3 heterocycles. The molecule has 0 atom stereocenters. The minimum Gasteiger partial charge on any atom is -0.364 e. The fourth-order valence-corrected chi connectivity index (χ4v) is 3.84. The second-order valence-electron chi connectivity index (χ2n) is 7.77. The number of anilines is 1. The average Bonchev–Trinajstić information content (AvgIpc) is 3.38. The first-order valence-electron chi connectivity index (χ1n) is 10.2. The number of nitrogens with one attached hydrogen (secondary N) is 1. The van der Waals surface area contributed by atoms with Gasteiger partial charge in [0, 0.05) is 17.5 Å². The van der Waals surface area contributed by atoms with E-state index in [-0.39, 0.29) is 23.5 Å². The lowest BCUT2D eigenvalue weighted by Crippen LogP contribution is -2.21. The van der Waals surface area contributed by atoms with Gasteiger partial charge in [-0.3, -0.25) is 19.3 Å². The van der Waals surface area contributed by atoms with Gasteiger partial charge < -0.3 is 11.1 Å². The highest BCUT2D eigenvalue weighted by Gasteiger charge is 2.39. The number of rotatable bonds is 5. The molecule has 34 heavy (non-hydrogen) atoms. The molecular formula is C22H18F3N7O2. The van der Waals surface area contributed by atoms with Crippen molar-refractivity contribution in [3.63, 3.8) is 0 Å². The van der Waals surface area contributed by atoms with Crippen molar-refractivity contribution in [2.24, 2.45) is 5.73 Å². The third kappa shape index (κ3) is 4.32. The SMILES string of the molecule is Cc1c(NC(=O)c2cc(C(N)=O)nc3c2CCC3)c(C(F)(F)F)nn1Cc1ccc(C#N)cn1. The zero-order valence-corrected chi connectivity index (χ0v) is 17.9. The van der Waals surface area contributed by atoms with Crippen LogP contribution < -0.4 is 11.1 Å². The number of hydrogen-bond donors (Lipinski definition) is 2. The number of primary amides is 1. The van der Waals surface area contributed by atoms with Crippen LogP contribution in [-0.4, -0.2) is 31.6 Å². The van der Waals surface area contributed by atoms with Gasteiger partial charge in [0.2, 0.25) is 0 Å². The van der Waals surface area contributed by atoms with Crippen LogP contribution in [0.25, 0.3) is 0 Å². The summed E-state index contributed by atoms with van der Waals surface area (Å²) in [6.07, 6.45) is -1.78. The Hall–Kier alpha value is -4.27. The van der Waals surface area contributed by atoms with Crippen LogP contribution >= 0.6 is 0 Å². The minimum absolute atomic E-state index is 0.0605. The van der Waals surface area contributed by atoms with E-state index in [1.807, 2.05) is 6.07 Å². The van der Waals surface area contributed by atoms with Gasteiger partial charge in [0.25, 0.3) is 11.8 Å². The van der Waals surface area contributed by atoms with Crippen molar-refractivity contribution in [3.05, 3.63) is 69.6 Å². The number of amides is 2. The van der Waals surface area contributed by atoms with Crippen molar-refractivity contribution in [1.29, 1.82) is 5.26 Å². The van der Waals surface area contributed by atoms with Crippen LogP contribution in [0.5, 0.6) is 0 Å². The third-order valence-corrected chi connectivity index (χ3v) is 5.53. The molecule has 4 rings (SSSR count). The van der Waals surface area contributed by atoms with Crippen LogP contribution in [0.15, 0.2) is 24.4 Å². The molecule has 3 aromatic heterocycles. The Bertz CT molecular complexity index is 1340. The second-order valence-corrected chi connectivity index (χ2v) is 7.77. The summed E-state index contributed by atoms with van der Waals surface area (Å²) in [7, 11) is 0. The predicted molar refractivity (Wildman–Crippen MR) is 113 cm³/mol. The molecule has 2 amide bonds. The van der Waals surface area contributed by atoms with Gasteiger partial charge in [-0.15, -0.1) is 0 Å². The fraction of sp³-hybridized carbons (Fsp3) is 0.273. The summed E-state index contributed by atoms with van der Waals surface area (Å²) in [4.78, 5) is 32.9. The summed E-state index contributed by atoms with van der Waals surface area (Å²) in [6.45, 7) is 1.29. The van der Waals surface area contributed by atoms with Crippen LogP contribution in [0.3, 0.4) is 0 Å². The Morgan fingerprint density at radius 2 is 2.06 bits per heavy atom. The second kappa shape index (κ2) is 8.58. The van der Waals surface area contributed by atoms with E-state index in [0.717, 1.165) is 4.68 Å². The van der Waals surface area contributed by atoms with Gasteiger partial charge >= 0.3 is 6.18 Å². The van der Waals surface area contributed by atoms with Gasteiger partial charge in [0.05, 0.1) is 29.2 Å². The molecule has 0 saturated heterocycles. The lowest BCUT2D eigenvalue weighted by atomic mass is 10.0. The van der Waals surface area contributed by atoms with E-state index in [2.05, 4.69) is 20.4 Å². The number of pyridine rings is 2. The molecule has 0 bridgehead atoms. The van der Waals surface area contributed by atoms with Crippen molar-refractivity contribution in [3.8, 4) is 6.07 Å². The smallest absolute Gasteiger partial charge is 0.364 e. The maximum absolute atomic E-state index is 13.8. The minimum atomic E-state index is -4.84. The summed E-state index contributed by atoms with van der Waals surface area (Å²) in [5, 5.41) is 14.9. The van der Waals surface area contributed by atoms with Gasteiger partial charge in [-0.05, 0) is 49.9 Å². The molecule has 1 aliphatic carbocycles. The standard InChI is InChI=1S/C22H18F3N7O2/c1-11-18(30-21(34)15-7-17(20(27)33)29-16-4-2-3-14(15)16)19(22(23,24)25)31-32(11)10-13-6-5-12(8-26)9-28-13/h5-7,9H,2-4,10H2,1H3,(H2,27,33)(H,30,34). The topological polar surface area (TPSA) is 140 Å². The predicted octanol–water partition coefficient (Wildman–Crippen LogP) is 2.76. The van der Waals surface area contributed by atoms with Crippen LogP contribution in [0.4, 0.5) is 18.9 Å². The number of aryl methyl sites for hydroxylation is 1. The van der Waals surface area contributed by atoms with E-state index in [4.69, 9.17) is 11.0 Å². The van der Waals surface area contributed by atoms with Crippen LogP contribution in [0, 0.1) is 18.3 Å². The van der Waals surface area contributed by atoms with Crippen molar-refractivity contribution < 1.29 is 22.8 Å². The number of fused-ring (bicyclic) bond motifs is 1. The zero-order valence-electron chi connectivity index (χ0n) is 17.9. The Morgan fingerprint density at radius 1 is 1.29 bits per heavy atom. The van der Waals surface area contributed by atoms with E-state index < -0.39 is 29.4 Å². The maximum Gasteiger partial charge on any atom is 0.437 e. The molecule has 3 N–H and O–H groups in total. The summed E-state index contributed by atoms with van der Waals surface area (Å²) < 4.78 is 42.4. The first-order valence-corrected chi connectivity index (χ1v) is 10.2. The quantitative estimate of drug-likeness (QED) is 0.589. The number of alkyl halides is 3. The highest BCUT2D eigenvalue weighted by Crippen LogP contribution is 2.36. The third-order valence-electron chi connectivity index (χ3n) is 5.53. The first-order chi connectivity index (χ1) is 16.1. The summed E-state index contributed by atoms with van der Waals surface area (Å²) in [5.74, 6) is -1.65. The molecule has 9 nitrogen and oxygen atoms in total. The normalized spacial score (nSPS) is 12.8. The van der Waals surface area contributed by atoms with E-state index in [1.54, 1.807) is 0 Å². The number of aromatic nitrogens is 4. The zero-order chi connectivity index (χ0) is 24.6. The van der Waals surface area contributed by atoms with E-state index >= 15 is 0 Å². The number of carbonyl (C=O) groups is 2. The summed E-state index contributed by atoms with van der Waals surface area (Å²) in [5.41, 5.74) is 5.38. The highest BCUT2D eigenvalue weighted by molar-refractivity contribution is 6.07. The lowest BCUT2D eigenvalue weighted by Gasteiger charge is -2.12. The number of carbonyl (C=O) groups excluding carboxylic acids is 2. The molecule has 12 heteroatoms. The Labute approximate surface area is 191 Å². The maximum atomic E-state index is 13.8. The van der Waals surface area contributed by atoms with Crippen molar-refractivity contribution in [1.82, 2.24) is 19.7 Å². The van der Waals surface area contributed by atoms with Gasteiger partial charge in [0.15, 0.2) is 5.69 Å². The highest BCUT2D eigenvalue weighted by atomic mass is 19.4. The van der Waals surface area contributed by atoms with Crippen molar-refractivity contribution >= 4 is 17.5 Å². The molecule has 1 aliphatic rings. The van der Waals surface area contributed by atoms with Gasteiger partial charge in [-0.1, -0.05) is 0 Å². The van der Waals surface area contributed by atoms with Crippen LogP contribution in [0.1, 0.15) is 61.2 Å². The molecule has 0 saturated carbocycles. The molecule has 0 spiro atoms. The molecular weight excluding hydrogens is 451 g/mol. The average molecular weight is 469 g/mol.